The molecule has 0 aliphatic carbocycles. The number of benzene rings is 2. The molecular formula is C18H19Cl2O4P. The second-order valence-corrected chi connectivity index (χ2v) is 8.56. The van der Waals surface area contributed by atoms with Gasteiger partial charge in [0.25, 0.3) is 0 Å². The summed E-state index contributed by atoms with van der Waals surface area (Å²) < 4.78 is 22.3. The van der Waals surface area contributed by atoms with Gasteiger partial charge in [-0.2, -0.15) is 0 Å². The van der Waals surface area contributed by atoms with Crippen molar-refractivity contribution in [3.63, 3.8) is 0 Å². The second kappa shape index (κ2) is 8.98. The Labute approximate surface area is 157 Å². The van der Waals surface area contributed by atoms with E-state index in [0.717, 1.165) is 5.56 Å². The van der Waals surface area contributed by atoms with E-state index in [1.165, 1.54) is 14.2 Å². The number of halogens is 2. The normalized spacial score (nSPS) is 11.5. The maximum absolute atomic E-state index is 12.6. The summed E-state index contributed by atoms with van der Waals surface area (Å²) in [7, 11) is -0.587. The van der Waals surface area contributed by atoms with Crippen LogP contribution in [-0.4, -0.2) is 20.0 Å². The summed E-state index contributed by atoms with van der Waals surface area (Å²) in [6.07, 6.45) is 0.821. The predicted octanol–water partition coefficient (Wildman–Crippen LogP) is 5.79. The standard InChI is InChI=1S/C18H19Cl2O4P/c1-23-25(22,24-2)12-14-5-3-4-6-16(14)18(21)10-8-13-7-9-15(19)11-17(13)20/h3-7,9,11H,8,10,12H2,1-2H3. The summed E-state index contributed by atoms with van der Waals surface area (Å²) in [5.74, 6) is -0.0552. The molecule has 0 amide bonds. The molecule has 0 heterocycles. The van der Waals surface area contributed by atoms with E-state index in [-0.39, 0.29) is 18.4 Å². The molecule has 4 nitrogen and oxygen atoms in total. The van der Waals surface area contributed by atoms with Crippen molar-refractivity contribution in [3.05, 3.63) is 69.2 Å². The van der Waals surface area contributed by atoms with Gasteiger partial charge in [-0.15, -0.1) is 0 Å². The highest BCUT2D eigenvalue weighted by Gasteiger charge is 2.24. The molecule has 0 atom stereocenters. The van der Waals surface area contributed by atoms with Gasteiger partial charge in [0.15, 0.2) is 5.78 Å². The van der Waals surface area contributed by atoms with Gasteiger partial charge in [-0.25, -0.2) is 0 Å². The molecule has 134 valence electrons. The van der Waals surface area contributed by atoms with Gasteiger partial charge in [0.2, 0.25) is 0 Å². The Bertz CT molecular complexity index is 799. The number of hydrogen-bond donors (Lipinski definition) is 0. The summed E-state index contributed by atoms with van der Waals surface area (Å²) in [6.45, 7) is 0. The van der Waals surface area contributed by atoms with E-state index in [1.807, 2.05) is 6.07 Å². The maximum Gasteiger partial charge on any atom is 0.334 e. The van der Waals surface area contributed by atoms with Crippen molar-refractivity contribution >= 4 is 36.6 Å². The zero-order valence-electron chi connectivity index (χ0n) is 14.0. The van der Waals surface area contributed by atoms with Gasteiger partial charge in [0, 0.05) is 36.2 Å². The third-order valence-corrected chi connectivity index (χ3v) is 6.30. The van der Waals surface area contributed by atoms with E-state index in [1.54, 1.807) is 36.4 Å². The van der Waals surface area contributed by atoms with Crippen LogP contribution in [0, 0.1) is 0 Å². The fourth-order valence-corrected chi connectivity index (χ4v) is 4.05. The molecule has 0 aromatic heterocycles. The number of ketones is 1. The second-order valence-electron chi connectivity index (χ2n) is 5.45. The summed E-state index contributed by atoms with van der Waals surface area (Å²) in [6, 6.07) is 12.3. The molecule has 0 aliphatic heterocycles. The van der Waals surface area contributed by atoms with E-state index in [2.05, 4.69) is 0 Å². The lowest BCUT2D eigenvalue weighted by molar-refractivity contribution is 0.0982. The highest BCUT2D eigenvalue weighted by molar-refractivity contribution is 7.52. The molecule has 25 heavy (non-hydrogen) atoms. The third kappa shape index (κ3) is 5.40. The molecule has 2 aromatic rings. The summed E-state index contributed by atoms with van der Waals surface area (Å²) in [5.41, 5.74) is 2.01. The predicted molar refractivity (Wildman–Crippen MR) is 101 cm³/mol. The number of carbonyl (C=O) groups excluding carboxylic acids is 1. The lowest BCUT2D eigenvalue weighted by atomic mass is 9.99. The zero-order chi connectivity index (χ0) is 18.4. The summed E-state index contributed by atoms with van der Waals surface area (Å²) in [5, 5.41) is 1.09. The average molecular weight is 401 g/mol. The fraction of sp³-hybridized carbons (Fsp3) is 0.278. The van der Waals surface area contributed by atoms with Crippen LogP contribution in [0.3, 0.4) is 0 Å². The van der Waals surface area contributed by atoms with Gasteiger partial charge in [-0.3, -0.25) is 9.36 Å². The smallest absolute Gasteiger partial charge is 0.312 e. The molecule has 2 aromatic carbocycles. The van der Waals surface area contributed by atoms with Crippen LogP contribution in [0.4, 0.5) is 0 Å². The SMILES string of the molecule is COP(=O)(Cc1ccccc1C(=O)CCc1ccc(Cl)cc1Cl)OC. The van der Waals surface area contributed by atoms with Crippen molar-refractivity contribution in [1.82, 2.24) is 0 Å². The van der Waals surface area contributed by atoms with Crippen LogP contribution in [-0.2, 0) is 26.2 Å². The number of carbonyl (C=O) groups is 1. The van der Waals surface area contributed by atoms with E-state index in [9.17, 15) is 9.36 Å². The lowest BCUT2D eigenvalue weighted by Crippen LogP contribution is -2.06. The van der Waals surface area contributed by atoms with Gasteiger partial charge < -0.3 is 9.05 Å². The van der Waals surface area contributed by atoms with Crippen molar-refractivity contribution in [2.75, 3.05) is 14.2 Å². The molecule has 0 fully saturated rings. The van der Waals surface area contributed by atoms with Crippen LogP contribution in [0.2, 0.25) is 10.0 Å². The molecule has 0 saturated carbocycles. The van der Waals surface area contributed by atoms with Crippen molar-refractivity contribution < 1.29 is 18.4 Å². The van der Waals surface area contributed by atoms with Crippen LogP contribution in [0.1, 0.15) is 27.9 Å². The molecule has 0 bridgehead atoms. The number of aryl methyl sites for hydroxylation is 1. The van der Waals surface area contributed by atoms with Gasteiger partial charge in [-0.05, 0) is 29.7 Å². The lowest BCUT2D eigenvalue weighted by Gasteiger charge is -2.15. The minimum absolute atomic E-state index is 0.0453. The first kappa shape index (κ1) is 20.2. The van der Waals surface area contributed by atoms with Gasteiger partial charge in [0.1, 0.15) is 0 Å². The zero-order valence-corrected chi connectivity index (χ0v) is 16.4. The van der Waals surface area contributed by atoms with Crippen LogP contribution >= 0.6 is 30.8 Å². The molecular weight excluding hydrogens is 382 g/mol. The molecule has 0 saturated heterocycles. The van der Waals surface area contributed by atoms with Crippen LogP contribution in [0.15, 0.2) is 42.5 Å². The Morgan fingerprint density at radius 2 is 1.72 bits per heavy atom. The maximum atomic E-state index is 12.6. The molecule has 2 rings (SSSR count). The molecule has 0 spiro atoms. The Morgan fingerprint density at radius 3 is 2.36 bits per heavy atom. The van der Waals surface area contributed by atoms with Gasteiger partial charge in [0.05, 0.1) is 6.16 Å². The Balaban J connectivity index is 2.15. The van der Waals surface area contributed by atoms with Gasteiger partial charge in [-0.1, -0.05) is 53.5 Å². The average Bonchev–Trinajstić information content (AvgIpc) is 2.61. The highest BCUT2D eigenvalue weighted by Crippen LogP contribution is 2.50. The minimum atomic E-state index is -3.25. The molecule has 0 radical (unpaired) electrons. The van der Waals surface area contributed by atoms with E-state index < -0.39 is 7.60 Å². The Morgan fingerprint density at radius 1 is 1.04 bits per heavy atom. The third-order valence-electron chi connectivity index (χ3n) is 3.87. The number of hydrogen-bond acceptors (Lipinski definition) is 4. The summed E-state index contributed by atoms with van der Waals surface area (Å²) in [4.78, 5) is 12.6. The van der Waals surface area contributed by atoms with E-state index in [0.29, 0.717) is 27.6 Å². The van der Waals surface area contributed by atoms with Crippen molar-refractivity contribution in [3.8, 4) is 0 Å². The largest absolute Gasteiger partial charge is 0.334 e. The van der Waals surface area contributed by atoms with Crippen LogP contribution in [0.25, 0.3) is 0 Å². The molecule has 7 heteroatoms. The van der Waals surface area contributed by atoms with E-state index >= 15 is 0 Å². The minimum Gasteiger partial charge on any atom is -0.312 e. The molecule has 0 aliphatic rings. The monoisotopic (exact) mass is 400 g/mol. The van der Waals surface area contributed by atoms with Crippen molar-refractivity contribution in [2.45, 2.75) is 19.0 Å². The molecule has 0 unspecified atom stereocenters. The topological polar surface area (TPSA) is 52.6 Å². The van der Waals surface area contributed by atoms with Gasteiger partial charge >= 0.3 is 7.60 Å². The first-order chi connectivity index (χ1) is 11.9. The number of rotatable bonds is 8. The van der Waals surface area contributed by atoms with Crippen LogP contribution < -0.4 is 0 Å². The fourth-order valence-electron chi connectivity index (χ4n) is 2.45. The quantitative estimate of drug-likeness (QED) is 0.415. The Kier molecular flexibility index (Phi) is 7.24. The van der Waals surface area contributed by atoms with Crippen molar-refractivity contribution in [2.24, 2.45) is 0 Å². The van der Waals surface area contributed by atoms with Crippen LogP contribution in [0.5, 0.6) is 0 Å². The number of Topliss-reactive ketones (excluding diaryl/α,β-unsaturated/α-hetero) is 1. The highest BCUT2D eigenvalue weighted by atomic mass is 35.5. The summed E-state index contributed by atoms with van der Waals surface area (Å²) >= 11 is 12.0. The van der Waals surface area contributed by atoms with Crippen molar-refractivity contribution in [1.29, 1.82) is 0 Å². The Hall–Kier alpha value is -1.16. The first-order valence-electron chi connectivity index (χ1n) is 7.64. The van der Waals surface area contributed by atoms with E-state index in [4.69, 9.17) is 32.2 Å². The molecule has 0 N–H and O–H groups in total. The first-order valence-corrected chi connectivity index (χ1v) is 10.1.